The molecule has 0 radical (unpaired) electrons. The van der Waals surface area contributed by atoms with Crippen molar-refractivity contribution in [3.05, 3.63) is 22.2 Å². The highest BCUT2D eigenvalue weighted by molar-refractivity contribution is 9.10. The summed E-state index contributed by atoms with van der Waals surface area (Å²) < 4.78 is 11.7. The summed E-state index contributed by atoms with van der Waals surface area (Å²) in [6, 6.07) is 4.21. The molecular formula is C13H20BrNO2. The van der Waals surface area contributed by atoms with E-state index < -0.39 is 0 Å². The minimum atomic E-state index is 0.243. The summed E-state index contributed by atoms with van der Waals surface area (Å²) in [5.74, 6) is 2.16. The van der Waals surface area contributed by atoms with E-state index in [1.54, 1.807) is 14.2 Å². The molecule has 1 unspecified atom stereocenters. The van der Waals surface area contributed by atoms with Crippen molar-refractivity contribution in [2.24, 2.45) is 5.92 Å². The summed E-state index contributed by atoms with van der Waals surface area (Å²) >= 11 is 3.46. The average Bonchev–Trinajstić information content (AvgIpc) is 2.30. The van der Waals surface area contributed by atoms with Gasteiger partial charge in [-0.1, -0.05) is 13.8 Å². The SMILES string of the molecule is CNC(c1cc(OC)c(Br)cc1OC)C(C)C. The predicted molar refractivity (Wildman–Crippen MR) is 73.9 cm³/mol. The first-order valence-electron chi connectivity index (χ1n) is 5.63. The fraction of sp³-hybridized carbons (Fsp3) is 0.538. The number of ether oxygens (including phenoxy) is 2. The highest BCUT2D eigenvalue weighted by atomic mass is 79.9. The lowest BCUT2D eigenvalue weighted by atomic mass is 9.95. The van der Waals surface area contributed by atoms with Gasteiger partial charge in [0.05, 0.1) is 18.7 Å². The second-order valence-corrected chi connectivity index (χ2v) is 5.09. The summed E-state index contributed by atoms with van der Waals surface area (Å²) in [7, 11) is 5.31. The topological polar surface area (TPSA) is 30.5 Å². The van der Waals surface area contributed by atoms with Crippen LogP contribution in [0.5, 0.6) is 11.5 Å². The van der Waals surface area contributed by atoms with Gasteiger partial charge in [0.25, 0.3) is 0 Å². The Kier molecular flexibility index (Phi) is 5.28. The Bertz CT molecular complexity index is 380. The van der Waals surface area contributed by atoms with E-state index in [4.69, 9.17) is 9.47 Å². The Morgan fingerprint density at radius 3 is 2.12 bits per heavy atom. The Morgan fingerprint density at radius 2 is 1.71 bits per heavy atom. The van der Waals surface area contributed by atoms with Gasteiger partial charge < -0.3 is 14.8 Å². The number of hydrogen-bond donors (Lipinski definition) is 1. The second kappa shape index (κ2) is 6.26. The van der Waals surface area contributed by atoms with Gasteiger partial charge in [-0.3, -0.25) is 0 Å². The van der Waals surface area contributed by atoms with Crippen LogP contribution in [0.4, 0.5) is 0 Å². The maximum atomic E-state index is 5.43. The summed E-state index contributed by atoms with van der Waals surface area (Å²) in [5.41, 5.74) is 1.12. The molecule has 1 atom stereocenters. The molecule has 0 aliphatic rings. The van der Waals surface area contributed by atoms with Crippen molar-refractivity contribution in [2.75, 3.05) is 21.3 Å². The summed E-state index contributed by atoms with van der Waals surface area (Å²) in [6.07, 6.45) is 0. The van der Waals surface area contributed by atoms with Gasteiger partial charge in [-0.05, 0) is 41.0 Å². The molecule has 4 heteroatoms. The monoisotopic (exact) mass is 301 g/mol. The first-order valence-corrected chi connectivity index (χ1v) is 6.43. The van der Waals surface area contributed by atoms with Gasteiger partial charge in [0.15, 0.2) is 0 Å². The van der Waals surface area contributed by atoms with Crippen LogP contribution in [0.3, 0.4) is 0 Å². The van der Waals surface area contributed by atoms with E-state index >= 15 is 0 Å². The van der Waals surface area contributed by atoms with Crippen molar-refractivity contribution in [2.45, 2.75) is 19.9 Å². The standard InChI is InChI=1S/C13H20BrNO2/c1-8(2)13(15-3)9-6-12(17-5)10(14)7-11(9)16-4/h6-8,13,15H,1-5H3. The summed E-state index contributed by atoms with van der Waals surface area (Å²) in [4.78, 5) is 0. The molecule has 0 aliphatic heterocycles. The molecule has 0 heterocycles. The number of rotatable bonds is 5. The third-order valence-electron chi connectivity index (χ3n) is 2.82. The van der Waals surface area contributed by atoms with Gasteiger partial charge in [0.1, 0.15) is 11.5 Å². The van der Waals surface area contributed by atoms with Gasteiger partial charge in [0, 0.05) is 11.6 Å². The maximum Gasteiger partial charge on any atom is 0.133 e. The fourth-order valence-electron chi connectivity index (χ4n) is 1.98. The van der Waals surface area contributed by atoms with E-state index in [-0.39, 0.29) is 6.04 Å². The molecule has 0 amide bonds. The van der Waals surface area contributed by atoms with Crippen LogP contribution < -0.4 is 14.8 Å². The van der Waals surface area contributed by atoms with Gasteiger partial charge in [-0.25, -0.2) is 0 Å². The quantitative estimate of drug-likeness (QED) is 0.904. The molecule has 17 heavy (non-hydrogen) atoms. The lowest BCUT2D eigenvalue weighted by molar-refractivity contribution is 0.373. The highest BCUT2D eigenvalue weighted by Gasteiger charge is 2.20. The largest absolute Gasteiger partial charge is 0.496 e. The second-order valence-electron chi connectivity index (χ2n) is 4.24. The Hall–Kier alpha value is -0.740. The van der Waals surface area contributed by atoms with Crippen molar-refractivity contribution in [1.29, 1.82) is 0 Å². The molecule has 1 N–H and O–H groups in total. The molecule has 0 aromatic heterocycles. The van der Waals surface area contributed by atoms with Crippen molar-refractivity contribution >= 4 is 15.9 Å². The third-order valence-corrected chi connectivity index (χ3v) is 3.44. The first-order chi connectivity index (χ1) is 8.04. The van der Waals surface area contributed by atoms with Crippen LogP contribution in [-0.4, -0.2) is 21.3 Å². The molecule has 0 bridgehead atoms. The maximum absolute atomic E-state index is 5.43. The lowest BCUT2D eigenvalue weighted by Gasteiger charge is -2.23. The van der Waals surface area contributed by atoms with Gasteiger partial charge in [-0.2, -0.15) is 0 Å². The zero-order valence-electron chi connectivity index (χ0n) is 11.0. The number of hydrogen-bond acceptors (Lipinski definition) is 3. The van der Waals surface area contributed by atoms with Crippen LogP contribution in [0.25, 0.3) is 0 Å². The molecule has 1 rings (SSSR count). The van der Waals surface area contributed by atoms with E-state index in [1.165, 1.54) is 0 Å². The normalized spacial score (nSPS) is 12.6. The molecule has 0 fully saturated rings. The Labute approximate surface area is 112 Å². The van der Waals surface area contributed by atoms with Crippen molar-refractivity contribution in [1.82, 2.24) is 5.32 Å². The molecule has 0 spiro atoms. The van der Waals surface area contributed by atoms with Crippen LogP contribution in [-0.2, 0) is 0 Å². The average molecular weight is 302 g/mol. The van der Waals surface area contributed by atoms with Gasteiger partial charge in [-0.15, -0.1) is 0 Å². The number of nitrogens with one attached hydrogen (secondary N) is 1. The van der Waals surface area contributed by atoms with Crippen LogP contribution >= 0.6 is 15.9 Å². The van der Waals surface area contributed by atoms with Crippen LogP contribution in [0, 0.1) is 5.92 Å². The Morgan fingerprint density at radius 1 is 1.12 bits per heavy atom. The molecule has 0 saturated carbocycles. The van der Waals surface area contributed by atoms with E-state index in [1.807, 2.05) is 19.2 Å². The number of benzene rings is 1. The molecule has 3 nitrogen and oxygen atoms in total. The van der Waals surface area contributed by atoms with Crippen molar-refractivity contribution in [3.8, 4) is 11.5 Å². The molecule has 0 saturated heterocycles. The minimum absolute atomic E-state index is 0.243. The highest BCUT2D eigenvalue weighted by Crippen LogP contribution is 2.37. The van der Waals surface area contributed by atoms with Crippen LogP contribution in [0.2, 0.25) is 0 Å². The lowest BCUT2D eigenvalue weighted by Crippen LogP contribution is -2.22. The summed E-state index contributed by atoms with van der Waals surface area (Å²) in [5, 5.41) is 3.31. The molecule has 96 valence electrons. The number of halogens is 1. The molecule has 1 aromatic carbocycles. The van der Waals surface area contributed by atoms with Crippen molar-refractivity contribution < 1.29 is 9.47 Å². The van der Waals surface area contributed by atoms with Crippen LogP contribution in [0.15, 0.2) is 16.6 Å². The van der Waals surface area contributed by atoms with Gasteiger partial charge in [0.2, 0.25) is 0 Å². The zero-order valence-corrected chi connectivity index (χ0v) is 12.6. The zero-order chi connectivity index (χ0) is 13.0. The summed E-state index contributed by atoms with van der Waals surface area (Å²) in [6.45, 7) is 4.35. The Balaban J connectivity index is 3.28. The van der Waals surface area contributed by atoms with E-state index in [9.17, 15) is 0 Å². The minimum Gasteiger partial charge on any atom is -0.496 e. The van der Waals surface area contributed by atoms with E-state index in [0.717, 1.165) is 21.5 Å². The van der Waals surface area contributed by atoms with Crippen LogP contribution in [0.1, 0.15) is 25.5 Å². The van der Waals surface area contributed by atoms with E-state index in [0.29, 0.717) is 5.92 Å². The first kappa shape index (κ1) is 14.3. The molecular weight excluding hydrogens is 282 g/mol. The van der Waals surface area contributed by atoms with E-state index in [2.05, 4.69) is 35.1 Å². The molecule has 0 aliphatic carbocycles. The van der Waals surface area contributed by atoms with Gasteiger partial charge >= 0.3 is 0 Å². The predicted octanol–water partition coefficient (Wildman–Crippen LogP) is 3.38. The molecule has 1 aromatic rings. The fourth-order valence-corrected chi connectivity index (χ4v) is 2.46. The smallest absolute Gasteiger partial charge is 0.133 e. The third kappa shape index (κ3) is 3.13. The number of methoxy groups -OCH3 is 2. The van der Waals surface area contributed by atoms with Crippen molar-refractivity contribution in [3.63, 3.8) is 0 Å².